The molecule has 0 atom stereocenters. The largest absolute Gasteiger partial charge is 0.491 e. The third-order valence-corrected chi connectivity index (χ3v) is 3.59. The molecule has 0 spiro atoms. The first-order chi connectivity index (χ1) is 13.1. The molecule has 2 N–H and O–H groups in total. The van der Waals surface area contributed by atoms with Crippen molar-refractivity contribution in [2.45, 2.75) is 6.54 Å². The van der Waals surface area contributed by atoms with E-state index in [1.807, 2.05) is 12.1 Å². The number of methoxy groups -OCH3 is 2. The van der Waals surface area contributed by atoms with Crippen molar-refractivity contribution in [3.63, 3.8) is 0 Å². The van der Waals surface area contributed by atoms with Gasteiger partial charge in [0.1, 0.15) is 19.0 Å². The number of carbonyl (C=O) groups excluding carboxylic acids is 2. The normalized spacial score (nSPS) is 10.3. The highest BCUT2D eigenvalue weighted by Gasteiger charge is 2.08. The summed E-state index contributed by atoms with van der Waals surface area (Å²) in [5.41, 5.74) is 2.03. The second-order valence-corrected chi connectivity index (χ2v) is 5.73. The lowest BCUT2D eigenvalue weighted by atomic mass is 10.1. The summed E-state index contributed by atoms with van der Waals surface area (Å²) in [6.07, 6.45) is 0. The Kier molecular flexibility index (Phi) is 8.28. The number of carbonyl (C=O) groups is 2. The highest BCUT2D eigenvalue weighted by Crippen LogP contribution is 2.14. The highest BCUT2D eigenvalue weighted by atomic mass is 16.5. The monoisotopic (exact) mass is 372 g/mol. The molecule has 0 radical (unpaired) electrons. The number of ether oxygens (including phenoxy) is 3. The summed E-state index contributed by atoms with van der Waals surface area (Å²) >= 11 is 0. The third kappa shape index (κ3) is 7.08. The van der Waals surface area contributed by atoms with E-state index in [0.29, 0.717) is 36.8 Å². The van der Waals surface area contributed by atoms with Gasteiger partial charge in [-0.05, 0) is 35.9 Å². The Hall–Kier alpha value is -2.90. The van der Waals surface area contributed by atoms with E-state index < -0.39 is 0 Å². The van der Waals surface area contributed by atoms with Gasteiger partial charge in [-0.15, -0.1) is 0 Å². The molecule has 0 unspecified atom stereocenters. The summed E-state index contributed by atoms with van der Waals surface area (Å²) in [4.78, 5) is 23.9. The molecule has 7 heteroatoms. The van der Waals surface area contributed by atoms with Crippen LogP contribution in [-0.4, -0.2) is 45.9 Å². The van der Waals surface area contributed by atoms with Gasteiger partial charge in [0, 0.05) is 32.0 Å². The van der Waals surface area contributed by atoms with Crippen molar-refractivity contribution in [1.29, 1.82) is 0 Å². The molecule has 27 heavy (non-hydrogen) atoms. The van der Waals surface area contributed by atoms with Crippen LogP contribution < -0.4 is 15.4 Å². The van der Waals surface area contributed by atoms with Crippen LogP contribution in [0, 0.1) is 0 Å². The van der Waals surface area contributed by atoms with Crippen molar-refractivity contribution in [2.75, 3.05) is 39.4 Å². The first kappa shape index (κ1) is 20.4. The Balaban J connectivity index is 1.91. The van der Waals surface area contributed by atoms with Crippen LogP contribution in [0.5, 0.6) is 5.75 Å². The molecule has 2 amide bonds. The summed E-state index contributed by atoms with van der Waals surface area (Å²) in [7, 11) is 3.06. The van der Waals surface area contributed by atoms with Crippen molar-refractivity contribution in [1.82, 2.24) is 5.32 Å². The average Bonchev–Trinajstić information content (AvgIpc) is 2.67. The lowest BCUT2D eigenvalue weighted by Crippen LogP contribution is -2.23. The molecule has 0 aliphatic rings. The van der Waals surface area contributed by atoms with E-state index in [0.717, 1.165) is 5.56 Å². The maximum absolute atomic E-state index is 12.4. The lowest BCUT2D eigenvalue weighted by molar-refractivity contribution is -0.119. The molecule has 0 heterocycles. The molecule has 144 valence electrons. The van der Waals surface area contributed by atoms with E-state index in [9.17, 15) is 9.59 Å². The molecule has 2 rings (SSSR count). The first-order valence-electron chi connectivity index (χ1n) is 8.50. The number of amides is 2. The molecule has 0 fully saturated rings. The van der Waals surface area contributed by atoms with E-state index in [-0.39, 0.29) is 18.4 Å². The van der Waals surface area contributed by atoms with Gasteiger partial charge in [0.15, 0.2) is 0 Å². The van der Waals surface area contributed by atoms with Crippen LogP contribution >= 0.6 is 0 Å². The summed E-state index contributed by atoms with van der Waals surface area (Å²) in [5, 5.41) is 5.59. The minimum atomic E-state index is -0.232. The van der Waals surface area contributed by atoms with Gasteiger partial charge in [0.25, 0.3) is 5.91 Å². The van der Waals surface area contributed by atoms with Crippen molar-refractivity contribution < 1.29 is 23.8 Å². The second kappa shape index (κ2) is 10.9. The molecule has 0 bridgehead atoms. The van der Waals surface area contributed by atoms with E-state index in [1.165, 1.54) is 7.11 Å². The van der Waals surface area contributed by atoms with Gasteiger partial charge in [-0.25, -0.2) is 0 Å². The molecule has 2 aromatic carbocycles. The van der Waals surface area contributed by atoms with Crippen LogP contribution in [0.3, 0.4) is 0 Å². The van der Waals surface area contributed by atoms with Crippen LogP contribution in [0.15, 0.2) is 48.5 Å². The minimum Gasteiger partial charge on any atom is -0.491 e. The maximum Gasteiger partial charge on any atom is 0.251 e. The third-order valence-electron chi connectivity index (χ3n) is 3.59. The number of nitrogens with one attached hydrogen (secondary N) is 2. The smallest absolute Gasteiger partial charge is 0.251 e. The fourth-order valence-electron chi connectivity index (χ4n) is 2.34. The van der Waals surface area contributed by atoms with E-state index >= 15 is 0 Å². The standard InChI is InChI=1S/C20H24N2O5/c1-25-9-10-27-18-8-4-6-16(12-18)20(24)21-13-15-5-3-7-17(11-15)22-19(23)14-26-2/h3-8,11-12H,9-10,13-14H2,1-2H3,(H,21,24)(H,22,23). The zero-order valence-electron chi connectivity index (χ0n) is 15.5. The molecular formula is C20H24N2O5. The van der Waals surface area contributed by atoms with Crippen LogP contribution in [0.2, 0.25) is 0 Å². The Morgan fingerprint density at radius 1 is 0.963 bits per heavy atom. The predicted molar refractivity (Wildman–Crippen MR) is 102 cm³/mol. The molecule has 0 saturated carbocycles. The van der Waals surface area contributed by atoms with E-state index in [2.05, 4.69) is 10.6 Å². The van der Waals surface area contributed by atoms with Crippen LogP contribution in [0.4, 0.5) is 5.69 Å². The van der Waals surface area contributed by atoms with Gasteiger partial charge in [-0.3, -0.25) is 9.59 Å². The maximum atomic E-state index is 12.4. The number of hydrogen-bond acceptors (Lipinski definition) is 5. The molecule has 0 aliphatic heterocycles. The molecular weight excluding hydrogens is 348 g/mol. The predicted octanol–water partition coefficient (Wildman–Crippen LogP) is 2.23. The van der Waals surface area contributed by atoms with Crippen molar-refractivity contribution >= 4 is 17.5 Å². The summed E-state index contributed by atoms with van der Waals surface area (Å²) in [6, 6.07) is 14.2. The molecule has 0 aromatic heterocycles. The molecule has 2 aromatic rings. The van der Waals surface area contributed by atoms with E-state index in [1.54, 1.807) is 43.5 Å². The Morgan fingerprint density at radius 2 is 1.78 bits per heavy atom. The van der Waals surface area contributed by atoms with Crippen LogP contribution in [-0.2, 0) is 20.8 Å². The average molecular weight is 372 g/mol. The van der Waals surface area contributed by atoms with Gasteiger partial charge < -0.3 is 24.8 Å². The Morgan fingerprint density at radius 3 is 2.56 bits per heavy atom. The van der Waals surface area contributed by atoms with Crippen LogP contribution in [0.1, 0.15) is 15.9 Å². The second-order valence-electron chi connectivity index (χ2n) is 5.73. The van der Waals surface area contributed by atoms with Crippen molar-refractivity contribution in [3.8, 4) is 5.75 Å². The van der Waals surface area contributed by atoms with Gasteiger partial charge in [-0.2, -0.15) is 0 Å². The fourth-order valence-corrected chi connectivity index (χ4v) is 2.34. The number of benzene rings is 2. The molecule has 7 nitrogen and oxygen atoms in total. The zero-order chi connectivity index (χ0) is 19.5. The topological polar surface area (TPSA) is 85.9 Å². The quantitative estimate of drug-likeness (QED) is 0.625. The Labute approximate surface area is 158 Å². The van der Waals surface area contributed by atoms with Gasteiger partial charge in [-0.1, -0.05) is 18.2 Å². The van der Waals surface area contributed by atoms with Crippen LogP contribution in [0.25, 0.3) is 0 Å². The van der Waals surface area contributed by atoms with Crippen molar-refractivity contribution in [3.05, 3.63) is 59.7 Å². The number of rotatable bonds is 10. The fraction of sp³-hybridized carbons (Fsp3) is 0.300. The highest BCUT2D eigenvalue weighted by molar-refractivity contribution is 5.94. The molecule has 0 aliphatic carbocycles. The first-order valence-corrected chi connectivity index (χ1v) is 8.50. The van der Waals surface area contributed by atoms with E-state index in [4.69, 9.17) is 14.2 Å². The minimum absolute atomic E-state index is 0.0102. The van der Waals surface area contributed by atoms with Gasteiger partial charge in [0.05, 0.1) is 6.61 Å². The number of anilines is 1. The SMILES string of the molecule is COCCOc1cccc(C(=O)NCc2cccc(NC(=O)COC)c2)c1. The zero-order valence-corrected chi connectivity index (χ0v) is 15.5. The summed E-state index contributed by atoms with van der Waals surface area (Å²) in [6.45, 7) is 1.22. The van der Waals surface area contributed by atoms with Gasteiger partial charge in [0.2, 0.25) is 5.91 Å². The lowest BCUT2D eigenvalue weighted by Gasteiger charge is -2.10. The Bertz CT molecular complexity index is 764. The molecule has 0 saturated heterocycles. The summed E-state index contributed by atoms with van der Waals surface area (Å²) in [5.74, 6) is 0.174. The van der Waals surface area contributed by atoms with Gasteiger partial charge >= 0.3 is 0 Å². The number of hydrogen-bond donors (Lipinski definition) is 2. The van der Waals surface area contributed by atoms with Crippen molar-refractivity contribution in [2.24, 2.45) is 0 Å². The summed E-state index contributed by atoms with van der Waals surface area (Å²) < 4.78 is 15.2.